The van der Waals surface area contributed by atoms with Crippen molar-refractivity contribution in [3.05, 3.63) is 66.9 Å². The number of carbonyl (C=O) groups excluding carboxylic acids is 1. The van der Waals surface area contributed by atoms with E-state index in [2.05, 4.69) is 15.0 Å². The zero-order valence-corrected chi connectivity index (χ0v) is 16.4. The molecule has 3 aromatic heterocycles. The summed E-state index contributed by atoms with van der Waals surface area (Å²) in [6.07, 6.45) is 3.08. The van der Waals surface area contributed by atoms with Gasteiger partial charge in [0.05, 0.1) is 23.4 Å². The maximum Gasteiger partial charge on any atom is 0.246 e. The van der Waals surface area contributed by atoms with E-state index in [1.54, 1.807) is 30.5 Å². The maximum absolute atomic E-state index is 14.2. The standard InChI is InChI=1S/C22H18FN7O/c23-15-3-1-2-4-18(15)30-10-9-29(12-20(30)31)22-21-17(26-13-27-22)6-5-16(28-21)14-7-8-25-19(24)11-14/h1-8,11,13H,9-10,12H2,(H2,24,25). The molecule has 0 unspecified atom stereocenters. The van der Waals surface area contributed by atoms with Gasteiger partial charge in [-0.25, -0.2) is 24.3 Å². The quantitative estimate of drug-likeness (QED) is 0.549. The molecule has 1 aromatic carbocycles. The van der Waals surface area contributed by atoms with Gasteiger partial charge in [0.25, 0.3) is 0 Å². The molecular formula is C22H18FN7O. The van der Waals surface area contributed by atoms with E-state index in [9.17, 15) is 9.18 Å². The van der Waals surface area contributed by atoms with Crippen LogP contribution in [0.2, 0.25) is 0 Å². The van der Waals surface area contributed by atoms with Crippen LogP contribution in [-0.4, -0.2) is 45.5 Å². The van der Waals surface area contributed by atoms with Crippen LogP contribution in [0.3, 0.4) is 0 Å². The number of aromatic nitrogens is 4. The minimum Gasteiger partial charge on any atom is -0.384 e. The Balaban J connectivity index is 1.48. The number of halogens is 1. The van der Waals surface area contributed by atoms with Crippen molar-refractivity contribution in [2.45, 2.75) is 0 Å². The number of piperazine rings is 1. The van der Waals surface area contributed by atoms with Gasteiger partial charge in [-0.15, -0.1) is 0 Å². The summed E-state index contributed by atoms with van der Waals surface area (Å²) in [6.45, 7) is 0.890. The molecule has 31 heavy (non-hydrogen) atoms. The van der Waals surface area contributed by atoms with E-state index in [4.69, 9.17) is 10.7 Å². The molecule has 0 radical (unpaired) electrons. The molecule has 0 saturated carbocycles. The Morgan fingerprint density at radius 2 is 1.87 bits per heavy atom. The lowest BCUT2D eigenvalue weighted by atomic mass is 10.1. The van der Waals surface area contributed by atoms with E-state index >= 15 is 0 Å². The molecule has 1 saturated heterocycles. The van der Waals surface area contributed by atoms with E-state index in [1.807, 2.05) is 23.1 Å². The Labute approximate surface area is 177 Å². The Kier molecular flexibility index (Phi) is 4.62. The monoisotopic (exact) mass is 415 g/mol. The fraction of sp³-hybridized carbons (Fsp3) is 0.136. The van der Waals surface area contributed by atoms with E-state index in [1.165, 1.54) is 17.3 Å². The van der Waals surface area contributed by atoms with Gasteiger partial charge in [0, 0.05) is 24.8 Å². The number of pyridine rings is 2. The Hall–Kier alpha value is -4.14. The average molecular weight is 415 g/mol. The largest absolute Gasteiger partial charge is 0.384 e. The Bertz CT molecular complexity index is 1300. The van der Waals surface area contributed by atoms with Gasteiger partial charge in [-0.3, -0.25) is 4.79 Å². The van der Waals surface area contributed by atoms with Crippen LogP contribution in [0.4, 0.5) is 21.7 Å². The van der Waals surface area contributed by atoms with Crippen LogP contribution in [-0.2, 0) is 4.79 Å². The predicted molar refractivity (Wildman–Crippen MR) is 116 cm³/mol. The fourth-order valence-corrected chi connectivity index (χ4v) is 3.71. The Morgan fingerprint density at radius 1 is 1.00 bits per heavy atom. The number of carbonyl (C=O) groups is 1. The normalized spacial score (nSPS) is 14.3. The van der Waals surface area contributed by atoms with Crippen LogP contribution in [0, 0.1) is 5.82 Å². The predicted octanol–water partition coefficient (Wildman–Crippen LogP) is 2.66. The molecule has 0 bridgehead atoms. The average Bonchev–Trinajstić information content (AvgIpc) is 2.79. The number of rotatable bonds is 3. The van der Waals surface area contributed by atoms with Crippen molar-refractivity contribution in [3.8, 4) is 11.3 Å². The van der Waals surface area contributed by atoms with Gasteiger partial charge in [0.15, 0.2) is 5.82 Å². The third kappa shape index (κ3) is 3.50. The highest BCUT2D eigenvalue weighted by atomic mass is 19.1. The summed E-state index contributed by atoms with van der Waals surface area (Å²) >= 11 is 0. The molecule has 5 rings (SSSR count). The molecule has 1 amide bonds. The first-order valence-corrected chi connectivity index (χ1v) is 9.73. The van der Waals surface area contributed by atoms with E-state index < -0.39 is 5.82 Å². The van der Waals surface area contributed by atoms with Crippen LogP contribution in [0.5, 0.6) is 0 Å². The molecule has 1 fully saturated rings. The molecule has 8 nitrogen and oxygen atoms in total. The molecule has 2 N–H and O–H groups in total. The minimum absolute atomic E-state index is 0.0640. The zero-order valence-electron chi connectivity index (χ0n) is 16.4. The summed E-state index contributed by atoms with van der Waals surface area (Å²) in [5.41, 5.74) is 8.87. The van der Waals surface area contributed by atoms with Crippen LogP contribution in [0.25, 0.3) is 22.3 Å². The van der Waals surface area contributed by atoms with Crippen LogP contribution in [0.1, 0.15) is 0 Å². The molecule has 9 heteroatoms. The minimum atomic E-state index is -0.417. The van der Waals surface area contributed by atoms with Crippen molar-refractivity contribution in [3.63, 3.8) is 0 Å². The second-order valence-electron chi connectivity index (χ2n) is 7.15. The SMILES string of the molecule is Nc1cc(-c2ccc3ncnc(N4CCN(c5ccccc5F)C(=O)C4)c3n2)ccn1. The first kappa shape index (κ1) is 18.9. The number of para-hydroxylation sites is 1. The summed E-state index contributed by atoms with van der Waals surface area (Å²) < 4.78 is 14.2. The highest BCUT2D eigenvalue weighted by molar-refractivity contribution is 5.99. The highest BCUT2D eigenvalue weighted by Gasteiger charge is 2.28. The number of nitrogen functional groups attached to an aromatic ring is 1. The van der Waals surface area contributed by atoms with Crippen molar-refractivity contribution in [2.24, 2.45) is 0 Å². The zero-order chi connectivity index (χ0) is 21.4. The second kappa shape index (κ2) is 7.60. The van der Waals surface area contributed by atoms with Crippen molar-refractivity contribution in [1.29, 1.82) is 0 Å². The molecule has 0 atom stereocenters. The molecule has 1 aliphatic rings. The topological polar surface area (TPSA) is 101 Å². The van der Waals surface area contributed by atoms with Gasteiger partial charge in [-0.05, 0) is 36.4 Å². The molecular weight excluding hydrogens is 397 g/mol. The lowest BCUT2D eigenvalue weighted by molar-refractivity contribution is -0.118. The van der Waals surface area contributed by atoms with Gasteiger partial charge in [0.2, 0.25) is 5.91 Å². The number of benzene rings is 1. The number of hydrogen-bond donors (Lipinski definition) is 1. The lowest BCUT2D eigenvalue weighted by Crippen LogP contribution is -2.51. The van der Waals surface area contributed by atoms with Crippen molar-refractivity contribution in [2.75, 3.05) is 35.2 Å². The number of amides is 1. The van der Waals surface area contributed by atoms with Crippen molar-refractivity contribution >= 4 is 34.3 Å². The lowest BCUT2D eigenvalue weighted by Gasteiger charge is -2.35. The summed E-state index contributed by atoms with van der Waals surface area (Å²) in [4.78, 5) is 33.6. The number of nitrogens with zero attached hydrogens (tertiary/aromatic N) is 6. The number of anilines is 3. The van der Waals surface area contributed by atoms with Gasteiger partial charge < -0.3 is 15.5 Å². The Morgan fingerprint density at radius 3 is 2.68 bits per heavy atom. The molecule has 154 valence electrons. The number of nitrogens with two attached hydrogens (primary N) is 1. The fourth-order valence-electron chi connectivity index (χ4n) is 3.71. The molecule has 4 heterocycles. The first-order valence-electron chi connectivity index (χ1n) is 9.73. The first-order chi connectivity index (χ1) is 15.1. The summed E-state index contributed by atoms with van der Waals surface area (Å²) in [5.74, 6) is 0.343. The summed E-state index contributed by atoms with van der Waals surface area (Å²) in [6, 6.07) is 13.6. The highest BCUT2D eigenvalue weighted by Crippen LogP contribution is 2.28. The van der Waals surface area contributed by atoms with Crippen LogP contribution in [0.15, 0.2) is 61.1 Å². The van der Waals surface area contributed by atoms with Gasteiger partial charge in [-0.2, -0.15) is 0 Å². The third-order valence-corrected chi connectivity index (χ3v) is 5.20. The summed E-state index contributed by atoms with van der Waals surface area (Å²) in [5, 5.41) is 0. The number of fused-ring (bicyclic) bond motifs is 1. The molecule has 1 aliphatic heterocycles. The second-order valence-corrected chi connectivity index (χ2v) is 7.15. The van der Waals surface area contributed by atoms with E-state index in [0.29, 0.717) is 41.5 Å². The van der Waals surface area contributed by atoms with Crippen molar-refractivity contribution in [1.82, 2.24) is 19.9 Å². The maximum atomic E-state index is 14.2. The van der Waals surface area contributed by atoms with Crippen molar-refractivity contribution < 1.29 is 9.18 Å². The van der Waals surface area contributed by atoms with Crippen LogP contribution < -0.4 is 15.5 Å². The van der Waals surface area contributed by atoms with Crippen LogP contribution >= 0.6 is 0 Å². The molecule has 0 spiro atoms. The molecule has 4 aromatic rings. The summed E-state index contributed by atoms with van der Waals surface area (Å²) in [7, 11) is 0. The van der Waals surface area contributed by atoms with Gasteiger partial charge in [-0.1, -0.05) is 12.1 Å². The van der Waals surface area contributed by atoms with E-state index in [0.717, 1.165) is 5.56 Å². The van der Waals surface area contributed by atoms with Gasteiger partial charge in [0.1, 0.15) is 23.5 Å². The smallest absolute Gasteiger partial charge is 0.246 e. The third-order valence-electron chi connectivity index (χ3n) is 5.20. The van der Waals surface area contributed by atoms with Gasteiger partial charge >= 0.3 is 0 Å². The molecule has 0 aliphatic carbocycles. The van der Waals surface area contributed by atoms with E-state index in [-0.39, 0.29) is 18.1 Å². The number of hydrogen-bond acceptors (Lipinski definition) is 7.